The van der Waals surface area contributed by atoms with Crippen molar-refractivity contribution in [2.75, 3.05) is 6.61 Å². The van der Waals surface area contributed by atoms with E-state index < -0.39 is 29.3 Å². The molecule has 7 heteroatoms. The van der Waals surface area contributed by atoms with E-state index in [9.17, 15) is 18.4 Å². The first-order valence-corrected chi connectivity index (χ1v) is 10.00. The van der Waals surface area contributed by atoms with Crippen molar-refractivity contribution in [2.24, 2.45) is 5.92 Å². The molecular weight excluding hydrogens is 366 g/mol. The lowest BCUT2D eigenvalue weighted by atomic mass is 9.83. The van der Waals surface area contributed by atoms with Crippen molar-refractivity contribution >= 4 is 11.8 Å². The van der Waals surface area contributed by atoms with E-state index in [2.05, 4.69) is 12.2 Å². The zero-order chi connectivity index (χ0) is 20.5. The first-order valence-electron chi connectivity index (χ1n) is 10.00. The highest BCUT2D eigenvalue weighted by Gasteiger charge is 2.54. The fourth-order valence-electron chi connectivity index (χ4n) is 4.26. The van der Waals surface area contributed by atoms with E-state index in [-0.39, 0.29) is 24.1 Å². The standard InChI is InChI=1S/C21H28F2N2O3/c1-4-14(3)24-19(26)18-12-28-21(7-5-6-13(2)11-21)25(18)20(27)15-8-16(22)10-17(23)9-15/h8-10,13-14,18H,4-7,11-12H2,1-3H3,(H,24,26)/t13-,14+,18-,21-/m0/s1. The third-order valence-electron chi connectivity index (χ3n) is 5.82. The molecule has 1 aromatic carbocycles. The fourth-order valence-corrected chi connectivity index (χ4v) is 4.26. The number of nitrogens with zero attached hydrogens (tertiary/aromatic N) is 1. The van der Waals surface area contributed by atoms with Crippen LogP contribution in [0.5, 0.6) is 0 Å². The van der Waals surface area contributed by atoms with Crippen LogP contribution in [-0.4, -0.2) is 41.1 Å². The highest BCUT2D eigenvalue weighted by molar-refractivity contribution is 5.98. The largest absolute Gasteiger partial charge is 0.353 e. The Balaban J connectivity index is 1.97. The Kier molecular flexibility index (Phi) is 6.03. The van der Waals surface area contributed by atoms with E-state index in [0.717, 1.165) is 37.5 Å². The van der Waals surface area contributed by atoms with Gasteiger partial charge in [0.1, 0.15) is 23.4 Å². The monoisotopic (exact) mass is 394 g/mol. The average molecular weight is 394 g/mol. The van der Waals surface area contributed by atoms with Crippen molar-refractivity contribution < 1.29 is 23.1 Å². The molecule has 0 bridgehead atoms. The third kappa shape index (κ3) is 4.04. The molecule has 3 rings (SSSR count). The van der Waals surface area contributed by atoms with Gasteiger partial charge in [0.05, 0.1) is 6.61 Å². The van der Waals surface area contributed by atoms with E-state index in [4.69, 9.17) is 4.74 Å². The summed E-state index contributed by atoms with van der Waals surface area (Å²) in [6, 6.07) is 1.87. The molecule has 2 amide bonds. The molecular formula is C21H28F2N2O3. The minimum Gasteiger partial charge on any atom is -0.353 e. The van der Waals surface area contributed by atoms with Crippen LogP contribution in [0.15, 0.2) is 18.2 Å². The molecule has 1 N–H and O–H groups in total. The summed E-state index contributed by atoms with van der Waals surface area (Å²) < 4.78 is 33.5. The van der Waals surface area contributed by atoms with Crippen LogP contribution in [0.1, 0.15) is 63.2 Å². The van der Waals surface area contributed by atoms with Crippen LogP contribution in [0.4, 0.5) is 8.78 Å². The van der Waals surface area contributed by atoms with Gasteiger partial charge < -0.3 is 10.1 Å². The molecule has 1 saturated heterocycles. The summed E-state index contributed by atoms with van der Waals surface area (Å²) in [5.74, 6) is -2.20. The minimum atomic E-state index is -0.908. The predicted octanol–water partition coefficient (Wildman–Crippen LogP) is 3.63. The highest BCUT2D eigenvalue weighted by Crippen LogP contribution is 2.43. The lowest BCUT2D eigenvalue weighted by Crippen LogP contribution is -2.57. The first kappa shape index (κ1) is 20.7. The van der Waals surface area contributed by atoms with Crippen molar-refractivity contribution in [1.82, 2.24) is 10.2 Å². The Bertz CT molecular complexity index is 737. The van der Waals surface area contributed by atoms with Gasteiger partial charge in [-0.1, -0.05) is 20.3 Å². The molecule has 2 fully saturated rings. The number of hydrogen-bond donors (Lipinski definition) is 1. The van der Waals surface area contributed by atoms with Gasteiger partial charge in [-0.25, -0.2) is 8.78 Å². The van der Waals surface area contributed by atoms with Crippen LogP contribution in [0.25, 0.3) is 0 Å². The smallest absolute Gasteiger partial charge is 0.257 e. The maximum Gasteiger partial charge on any atom is 0.257 e. The first-order chi connectivity index (χ1) is 13.3. The zero-order valence-corrected chi connectivity index (χ0v) is 16.6. The van der Waals surface area contributed by atoms with Crippen molar-refractivity contribution in [1.29, 1.82) is 0 Å². The van der Waals surface area contributed by atoms with Gasteiger partial charge in [-0.05, 0) is 50.7 Å². The Morgan fingerprint density at radius 1 is 1.32 bits per heavy atom. The summed E-state index contributed by atoms with van der Waals surface area (Å²) in [7, 11) is 0. The molecule has 0 unspecified atom stereocenters. The number of carbonyl (C=O) groups is 2. The van der Waals surface area contributed by atoms with E-state index in [1.54, 1.807) is 0 Å². The van der Waals surface area contributed by atoms with Crippen LogP contribution in [-0.2, 0) is 9.53 Å². The van der Waals surface area contributed by atoms with Crippen molar-refractivity contribution in [3.05, 3.63) is 35.4 Å². The van der Waals surface area contributed by atoms with Crippen molar-refractivity contribution in [3.8, 4) is 0 Å². The van der Waals surface area contributed by atoms with E-state index in [0.29, 0.717) is 18.8 Å². The predicted molar refractivity (Wildman–Crippen MR) is 101 cm³/mol. The molecule has 1 heterocycles. The van der Waals surface area contributed by atoms with Gasteiger partial charge in [0, 0.05) is 17.7 Å². The zero-order valence-electron chi connectivity index (χ0n) is 16.6. The van der Waals surface area contributed by atoms with Crippen LogP contribution in [0.2, 0.25) is 0 Å². The Labute approximate surface area is 164 Å². The van der Waals surface area contributed by atoms with Crippen LogP contribution in [0, 0.1) is 17.6 Å². The molecule has 1 aliphatic heterocycles. The van der Waals surface area contributed by atoms with Gasteiger partial charge in [-0.2, -0.15) is 0 Å². The second-order valence-corrected chi connectivity index (χ2v) is 8.13. The number of nitrogens with one attached hydrogen (secondary N) is 1. The van der Waals surface area contributed by atoms with Crippen molar-refractivity contribution in [3.63, 3.8) is 0 Å². The summed E-state index contributed by atoms with van der Waals surface area (Å²) in [4.78, 5) is 27.6. The molecule has 1 aliphatic carbocycles. The average Bonchev–Trinajstić information content (AvgIpc) is 2.98. The maximum absolute atomic E-state index is 13.7. The molecule has 0 radical (unpaired) electrons. The number of rotatable bonds is 4. The summed E-state index contributed by atoms with van der Waals surface area (Å²) in [6.07, 6.45) is 3.84. The number of amides is 2. The number of carbonyl (C=O) groups excluding carboxylic acids is 2. The van der Waals surface area contributed by atoms with E-state index in [1.165, 1.54) is 4.90 Å². The number of ether oxygens (including phenoxy) is 1. The Morgan fingerprint density at radius 2 is 2.00 bits per heavy atom. The SMILES string of the molecule is CC[C@@H](C)NC(=O)[C@@H]1CO[C@]2(CCC[C@H](C)C2)N1C(=O)c1cc(F)cc(F)c1. The van der Waals surface area contributed by atoms with Gasteiger partial charge >= 0.3 is 0 Å². The Hall–Kier alpha value is -2.02. The Morgan fingerprint density at radius 3 is 2.61 bits per heavy atom. The third-order valence-corrected chi connectivity index (χ3v) is 5.82. The van der Waals surface area contributed by atoms with Gasteiger partial charge in [-0.3, -0.25) is 14.5 Å². The molecule has 2 aliphatic rings. The van der Waals surface area contributed by atoms with E-state index in [1.807, 2.05) is 13.8 Å². The molecule has 1 spiro atoms. The van der Waals surface area contributed by atoms with Crippen LogP contribution < -0.4 is 5.32 Å². The number of hydrogen-bond acceptors (Lipinski definition) is 3. The molecule has 1 saturated carbocycles. The molecule has 5 nitrogen and oxygen atoms in total. The van der Waals surface area contributed by atoms with Gasteiger partial charge in [0.25, 0.3) is 5.91 Å². The molecule has 154 valence electrons. The lowest BCUT2D eigenvalue weighted by Gasteiger charge is -2.43. The number of benzene rings is 1. The van der Waals surface area contributed by atoms with E-state index >= 15 is 0 Å². The van der Waals surface area contributed by atoms with Crippen LogP contribution >= 0.6 is 0 Å². The summed E-state index contributed by atoms with van der Waals surface area (Å²) in [6.45, 7) is 6.01. The molecule has 4 atom stereocenters. The highest BCUT2D eigenvalue weighted by atomic mass is 19.1. The minimum absolute atomic E-state index is 0.0436. The summed E-state index contributed by atoms with van der Waals surface area (Å²) in [5, 5.41) is 2.90. The second-order valence-electron chi connectivity index (χ2n) is 8.13. The summed E-state index contributed by atoms with van der Waals surface area (Å²) in [5.41, 5.74) is -1.02. The number of halogens is 2. The second kappa shape index (κ2) is 8.15. The molecule has 1 aromatic rings. The normalized spacial score (nSPS) is 28.4. The topological polar surface area (TPSA) is 58.6 Å². The molecule has 0 aromatic heterocycles. The van der Waals surface area contributed by atoms with Gasteiger partial charge in [-0.15, -0.1) is 0 Å². The van der Waals surface area contributed by atoms with Gasteiger partial charge in [0.2, 0.25) is 5.91 Å². The fraction of sp³-hybridized carbons (Fsp3) is 0.619. The van der Waals surface area contributed by atoms with Crippen molar-refractivity contribution in [2.45, 2.75) is 70.7 Å². The van der Waals surface area contributed by atoms with Crippen LogP contribution in [0.3, 0.4) is 0 Å². The molecule has 28 heavy (non-hydrogen) atoms. The maximum atomic E-state index is 13.7. The quantitative estimate of drug-likeness (QED) is 0.849. The lowest BCUT2D eigenvalue weighted by molar-refractivity contribution is -0.129. The summed E-state index contributed by atoms with van der Waals surface area (Å²) >= 11 is 0. The van der Waals surface area contributed by atoms with Gasteiger partial charge in [0.15, 0.2) is 0 Å².